The summed E-state index contributed by atoms with van der Waals surface area (Å²) in [7, 11) is 0. The van der Waals surface area contributed by atoms with Crippen LogP contribution in [0.25, 0.3) is 0 Å². The molecule has 50 heavy (non-hydrogen) atoms. The predicted molar refractivity (Wildman–Crippen MR) is 160 cm³/mol. The summed E-state index contributed by atoms with van der Waals surface area (Å²) in [6.45, 7) is -2.88. The highest BCUT2D eigenvalue weighted by Crippen LogP contribution is 2.55. The molecule has 27 heteroatoms. The molecule has 3 rings (SSSR count). The van der Waals surface area contributed by atoms with Gasteiger partial charge in [0.25, 0.3) is 0 Å². The first-order valence-electron chi connectivity index (χ1n) is 13.7. The van der Waals surface area contributed by atoms with Crippen LogP contribution < -0.4 is 0 Å². The molecule has 0 saturated carbocycles. The molecule has 0 fully saturated rings. The smallest absolute Gasteiger partial charge is 0.311 e. The monoisotopic (exact) mass is 865 g/mol. The lowest BCUT2D eigenvalue weighted by Gasteiger charge is -2.21. The Balaban J connectivity index is 2.08. The Bertz CT molecular complexity index is 1600. The van der Waals surface area contributed by atoms with Crippen molar-refractivity contribution < 1.29 is 70.2 Å². The second-order valence-corrected chi connectivity index (χ2v) is 15.7. The fraction of sp³-hybridized carbons (Fsp3) is 0.739. The molecular weight excluding hydrogens is 843 g/mol. The molecule has 0 N–H and O–H groups in total. The quantitative estimate of drug-likeness (QED) is 0.0717. The van der Waals surface area contributed by atoms with E-state index in [1.807, 2.05) is 0 Å². The molecule has 0 radical (unpaired) electrons. The number of hydrogen-bond acceptors (Lipinski definition) is 7. The molecule has 5 nitrogen and oxygen atoms in total. The second kappa shape index (κ2) is 15.8. The zero-order valence-corrected chi connectivity index (χ0v) is 29.7. The Morgan fingerprint density at radius 1 is 0.560 bits per heavy atom. The predicted octanol–water partition coefficient (Wildman–Crippen LogP) is 11.6. The molecule has 0 amide bonds. The Hall–Kier alpha value is -0.900. The molecule has 0 atom stereocenters. The Labute approximate surface area is 299 Å². The van der Waals surface area contributed by atoms with Crippen molar-refractivity contribution in [3.8, 4) is 0 Å². The summed E-state index contributed by atoms with van der Waals surface area (Å²) >= 11 is 13.1. The van der Waals surface area contributed by atoms with Crippen LogP contribution in [-0.4, -0.2) is 70.1 Å². The summed E-state index contributed by atoms with van der Waals surface area (Å²) in [6, 6.07) is 0. The van der Waals surface area contributed by atoms with Crippen molar-refractivity contribution in [2.75, 3.05) is 12.4 Å². The number of hydrogen-bond donors (Lipinski definition) is 0. The summed E-state index contributed by atoms with van der Waals surface area (Å²) in [5, 5.41) is -0.370. The van der Waals surface area contributed by atoms with Crippen LogP contribution in [0, 0.1) is 9.54 Å². The van der Waals surface area contributed by atoms with Gasteiger partial charge < -0.3 is 18.3 Å². The van der Waals surface area contributed by atoms with Crippen LogP contribution in [0.3, 0.4) is 0 Å². The topological polar surface area (TPSA) is 23.0 Å². The molecule has 2 aromatic heterocycles. The molecule has 0 spiro atoms. The third-order valence-corrected chi connectivity index (χ3v) is 12.4. The first kappa shape index (κ1) is 43.5. The molecule has 3 heterocycles. The highest BCUT2D eigenvalue weighted by atomic mass is 32.3. The first-order chi connectivity index (χ1) is 22.7. The molecule has 288 valence electrons. The normalized spacial score (nSPS) is 15.4. The van der Waals surface area contributed by atoms with Gasteiger partial charge in [0.05, 0.1) is 6.67 Å². The maximum Gasteiger partial charge on any atom is 0.453 e. The Kier molecular flexibility index (Phi) is 13.8. The van der Waals surface area contributed by atoms with E-state index in [0.29, 0.717) is 28.5 Å². The summed E-state index contributed by atoms with van der Waals surface area (Å²) in [5.74, 6) is -15.6. The van der Waals surface area contributed by atoms with Crippen molar-refractivity contribution in [1.29, 1.82) is 0 Å². The molecule has 0 unspecified atom stereocenters. The lowest BCUT2D eigenvalue weighted by atomic mass is 10.2. The van der Waals surface area contributed by atoms with Crippen molar-refractivity contribution in [3.63, 3.8) is 0 Å². The number of fused-ring (bicyclic) bond motifs is 1. The largest absolute Gasteiger partial charge is 0.453 e. The van der Waals surface area contributed by atoms with Gasteiger partial charge in [0.2, 0.25) is 0 Å². The minimum atomic E-state index is -6.01. The SMILES string of the molecule is CCSc1c(SN2Sc3c(n(CCC(F)(F)C(F)(F)F)c(=S)n3CCCF)S2)n(CCC(F)(F)C(F)(F)F)c(=S)n1CCC(F)(F)C(F)(F)F. The lowest BCUT2D eigenvalue weighted by molar-refractivity contribution is -0.285. The van der Waals surface area contributed by atoms with E-state index in [0.717, 1.165) is 32.8 Å². The minimum absolute atomic E-state index is 0.0213. The van der Waals surface area contributed by atoms with Gasteiger partial charge in [-0.05, 0) is 36.6 Å². The number of aromatic nitrogens is 4. The third kappa shape index (κ3) is 9.42. The van der Waals surface area contributed by atoms with E-state index in [4.69, 9.17) is 24.4 Å². The van der Waals surface area contributed by atoms with E-state index in [1.165, 1.54) is 14.6 Å². The minimum Gasteiger partial charge on any atom is -0.311 e. The lowest BCUT2D eigenvalue weighted by Crippen LogP contribution is -2.37. The van der Waals surface area contributed by atoms with Crippen molar-refractivity contribution in [1.82, 2.24) is 21.4 Å². The third-order valence-electron chi connectivity index (χ3n) is 6.74. The molecule has 0 bridgehead atoms. The number of imidazole rings is 2. The van der Waals surface area contributed by atoms with Gasteiger partial charge in [-0.1, -0.05) is 6.92 Å². The van der Waals surface area contributed by atoms with Gasteiger partial charge in [-0.3, -0.25) is 4.39 Å². The van der Waals surface area contributed by atoms with Gasteiger partial charge in [-0.25, -0.2) is 0 Å². The van der Waals surface area contributed by atoms with Gasteiger partial charge in [-0.2, -0.15) is 65.9 Å². The molecule has 1 aliphatic heterocycles. The highest BCUT2D eigenvalue weighted by Gasteiger charge is 2.58. The number of halogens is 16. The molecule has 2 aromatic rings. The van der Waals surface area contributed by atoms with Gasteiger partial charge in [0.1, 0.15) is 20.1 Å². The molecule has 0 aliphatic carbocycles. The number of nitrogens with zero attached hydrogens (tertiary/aromatic N) is 5. The van der Waals surface area contributed by atoms with Crippen LogP contribution in [0.15, 0.2) is 20.1 Å². The zero-order valence-electron chi connectivity index (χ0n) is 24.8. The van der Waals surface area contributed by atoms with Gasteiger partial charge in [-0.15, -0.1) is 14.9 Å². The van der Waals surface area contributed by atoms with E-state index >= 15 is 0 Å². The molecule has 1 aliphatic rings. The maximum absolute atomic E-state index is 14.0. The van der Waals surface area contributed by atoms with Crippen molar-refractivity contribution in [2.24, 2.45) is 0 Å². The summed E-state index contributed by atoms with van der Waals surface area (Å²) in [4.78, 5) is 0. The van der Waals surface area contributed by atoms with Crippen LogP contribution in [-0.2, 0) is 26.2 Å². The molecular formula is C23H23F16N5S6. The van der Waals surface area contributed by atoms with E-state index in [9.17, 15) is 70.2 Å². The Morgan fingerprint density at radius 2 is 0.920 bits per heavy atom. The number of thioether (sulfide) groups is 1. The Morgan fingerprint density at radius 3 is 1.30 bits per heavy atom. The van der Waals surface area contributed by atoms with Gasteiger partial charge in [0, 0.05) is 81.3 Å². The number of rotatable bonds is 16. The van der Waals surface area contributed by atoms with E-state index < -0.39 is 86.6 Å². The highest BCUT2D eigenvalue weighted by molar-refractivity contribution is 8.27. The van der Waals surface area contributed by atoms with Crippen molar-refractivity contribution in [2.45, 2.75) is 115 Å². The van der Waals surface area contributed by atoms with E-state index in [1.54, 1.807) is 0 Å². The first-order valence-corrected chi connectivity index (χ1v) is 17.9. The summed E-state index contributed by atoms with van der Waals surface area (Å²) in [6.07, 6.45) is -23.6. The number of alkyl halides is 16. The van der Waals surface area contributed by atoms with Gasteiger partial charge >= 0.3 is 36.3 Å². The fourth-order valence-electron chi connectivity index (χ4n) is 4.10. The van der Waals surface area contributed by atoms with Gasteiger partial charge in [0.15, 0.2) is 9.54 Å². The summed E-state index contributed by atoms with van der Waals surface area (Å²) < 4.78 is 217. The van der Waals surface area contributed by atoms with Crippen LogP contribution in [0.1, 0.15) is 32.6 Å². The van der Waals surface area contributed by atoms with Crippen LogP contribution >= 0.6 is 72.0 Å². The van der Waals surface area contributed by atoms with Crippen molar-refractivity contribution in [3.05, 3.63) is 9.54 Å². The summed E-state index contributed by atoms with van der Waals surface area (Å²) in [5.41, 5.74) is 0. The average Bonchev–Trinajstić information content (AvgIpc) is 3.55. The molecule has 0 aromatic carbocycles. The second-order valence-electron chi connectivity index (χ2n) is 10.2. The average molecular weight is 866 g/mol. The van der Waals surface area contributed by atoms with E-state index in [-0.39, 0.29) is 43.6 Å². The zero-order chi connectivity index (χ0) is 38.3. The maximum atomic E-state index is 14.0. The fourth-order valence-corrected chi connectivity index (χ4v) is 9.95. The van der Waals surface area contributed by atoms with Crippen LogP contribution in [0.4, 0.5) is 70.2 Å². The van der Waals surface area contributed by atoms with Crippen LogP contribution in [0.5, 0.6) is 0 Å². The molecule has 0 saturated heterocycles. The van der Waals surface area contributed by atoms with Crippen LogP contribution in [0.2, 0.25) is 0 Å². The standard InChI is InChI=1S/C23H23F16N5S6/c1-2-47-12-13(42(10-5-19(27,28)22(34,35)36)17(46)41(12)9-4-18(25,26)21(31,32)33)48-44-49-14-15(50-44)43(16(45)40(14)8-3-7-24)11-6-20(29,30)23(37,38)39/h2-11H2,1H3. The van der Waals surface area contributed by atoms with E-state index in [2.05, 4.69) is 0 Å². The van der Waals surface area contributed by atoms with Crippen molar-refractivity contribution >= 4 is 72.0 Å².